The van der Waals surface area contributed by atoms with E-state index in [2.05, 4.69) is 0 Å². The van der Waals surface area contributed by atoms with Crippen molar-refractivity contribution in [2.45, 2.75) is 13.5 Å². The molecule has 0 aliphatic heterocycles. The molecule has 5 nitrogen and oxygen atoms in total. The van der Waals surface area contributed by atoms with Crippen LogP contribution in [0.2, 0.25) is 0 Å². The average molecular weight is 301 g/mol. The van der Waals surface area contributed by atoms with Gasteiger partial charge in [0.05, 0.1) is 25.8 Å². The fourth-order valence-electron chi connectivity index (χ4n) is 2.18. The Kier molecular flexibility index (Phi) is 5.36. The molecule has 0 saturated carbocycles. The molecule has 1 aromatic heterocycles. The molecule has 0 bridgehead atoms. The molecule has 0 aliphatic carbocycles. The summed E-state index contributed by atoms with van der Waals surface area (Å²) >= 11 is 0. The number of esters is 1. The molecule has 0 spiro atoms. The molecule has 1 atom stereocenters. The van der Waals surface area contributed by atoms with Gasteiger partial charge in [0.15, 0.2) is 0 Å². The number of methoxy groups -OCH3 is 1. The van der Waals surface area contributed by atoms with Crippen molar-refractivity contribution in [2.24, 2.45) is 5.92 Å². The van der Waals surface area contributed by atoms with Crippen LogP contribution < -0.4 is 0 Å². The minimum Gasteiger partial charge on any atom is -0.469 e. The van der Waals surface area contributed by atoms with Crippen molar-refractivity contribution in [3.05, 3.63) is 60.1 Å². The topological polar surface area (TPSA) is 59.8 Å². The summed E-state index contributed by atoms with van der Waals surface area (Å²) in [5.74, 6) is -0.230. The number of furan rings is 1. The van der Waals surface area contributed by atoms with Crippen molar-refractivity contribution in [1.29, 1.82) is 0 Å². The average Bonchev–Trinajstić information content (AvgIpc) is 3.06. The van der Waals surface area contributed by atoms with Crippen LogP contribution in [0.5, 0.6) is 0 Å². The van der Waals surface area contributed by atoms with Crippen LogP contribution in [-0.2, 0) is 16.1 Å². The lowest BCUT2D eigenvalue weighted by molar-refractivity contribution is -0.145. The molecular weight excluding hydrogens is 282 g/mol. The third-order valence-electron chi connectivity index (χ3n) is 3.33. The summed E-state index contributed by atoms with van der Waals surface area (Å²) in [6.07, 6.45) is 1.56. The normalized spacial score (nSPS) is 11.7. The number of rotatable bonds is 6. The molecule has 0 fully saturated rings. The van der Waals surface area contributed by atoms with Gasteiger partial charge >= 0.3 is 5.97 Å². The van der Waals surface area contributed by atoms with Crippen molar-refractivity contribution < 1.29 is 18.7 Å². The third-order valence-corrected chi connectivity index (χ3v) is 3.33. The van der Waals surface area contributed by atoms with Gasteiger partial charge in [-0.15, -0.1) is 0 Å². The summed E-state index contributed by atoms with van der Waals surface area (Å²) in [5, 5.41) is 0. The maximum Gasteiger partial charge on any atom is 0.310 e. The Morgan fingerprint density at radius 3 is 2.50 bits per heavy atom. The first-order valence-electron chi connectivity index (χ1n) is 7.06. The molecule has 1 unspecified atom stereocenters. The number of carbonyl (C=O) groups excluding carboxylic acids is 2. The zero-order valence-electron chi connectivity index (χ0n) is 12.7. The molecule has 116 valence electrons. The molecule has 0 aliphatic rings. The zero-order chi connectivity index (χ0) is 15.9. The van der Waals surface area contributed by atoms with Crippen LogP contribution in [0, 0.1) is 5.92 Å². The number of amides is 1. The fourth-order valence-corrected chi connectivity index (χ4v) is 2.18. The predicted molar refractivity (Wildman–Crippen MR) is 81.1 cm³/mol. The molecule has 2 rings (SSSR count). The van der Waals surface area contributed by atoms with Gasteiger partial charge in [-0.25, -0.2) is 0 Å². The molecule has 0 N–H and O–H groups in total. The van der Waals surface area contributed by atoms with E-state index in [1.807, 2.05) is 18.2 Å². The summed E-state index contributed by atoms with van der Waals surface area (Å²) in [5.41, 5.74) is 0.575. The van der Waals surface area contributed by atoms with Crippen LogP contribution in [-0.4, -0.2) is 30.4 Å². The van der Waals surface area contributed by atoms with Crippen LogP contribution in [0.25, 0.3) is 0 Å². The van der Waals surface area contributed by atoms with Gasteiger partial charge in [0.2, 0.25) is 0 Å². The molecule has 2 aromatic rings. The molecule has 1 heterocycles. The molecule has 5 heteroatoms. The number of nitrogens with zero attached hydrogens (tertiary/aromatic N) is 1. The first-order valence-corrected chi connectivity index (χ1v) is 7.06. The van der Waals surface area contributed by atoms with Crippen LogP contribution in [0.15, 0.2) is 53.1 Å². The first-order chi connectivity index (χ1) is 10.6. The fraction of sp³-hybridized carbons (Fsp3) is 0.294. The monoisotopic (exact) mass is 301 g/mol. The van der Waals surface area contributed by atoms with Gasteiger partial charge in [-0.05, 0) is 24.3 Å². The third kappa shape index (κ3) is 3.97. The van der Waals surface area contributed by atoms with Crippen molar-refractivity contribution in [2.75, 3.05) is 13.7 Å². The number of hydrogen-bond donors (Lipinski definition) is 0. The van der Waals surface area contributed by atoms with Crippen molar-refractivity contribution >= 4 is 11.9 Å². The van der Waals surface area contributed by atoms with Crippen LogP contribution in [0.1, 0.15) is 23.0 Å². The molecule has 1 aromatic carbocycles. The molecular formula is C17H19NO4. The summed E-state index contributed by atoms with van der Waals surface area (Å²) in [6.45, 7) is 2.31. The van der Waals surface area contributed by atoms with E-state index in [-0.39, 0.29) is 18.4 Å². The summed E-state index contributed by atoms with van der Waals surface area (Å²) < 4.78 is 10.0. The highest BCUT2D eigenvalue weighted by atomic mass is 16.5. The maximum atomic E-state index is 12.6. The van der Waals surface area contributed by atoms with Gasteiger partial charge in [-0.2, -0.15) is 0 Å². The molecule has 22 heavy (non-hydrogen) atoms. The van der Waals surface area contributed by atoms with E-state index in [4.69, 9.17) is 9.15 Å². The number of benzene rings is 1. The number of ether oxygens (including phenoxy) is 1. The van der Waals surface area contributed by atoms with E-state index in [9.17, 15) is 9.59 Å². The Balaban J connectivity index is 2.17. The van der Waals surface area contributed by atoms with Gasteiger partial charge in [0.1, 0.15) is 5.76 Å². The lowest BCUT2D eigenvalue weighted by atomic mass is 10.1. The van der Waals surface area contributed by atoms with Gasteiger partial charge < -0.3 is 14.1 Å². The first kappa shape index (κ1) is 15.8. The van der Waals surface area contributed by atoms with E-state index in [0.717, 1.165) is 0 Å². The van der Waals surface area contributed by atoms with E-state index >= 15 is 0 Å². The standard InChI is InChI=1S/C17H19NO4/c1-13(17(20)21-2)11-18(12-15-9-6-10-22-15)16(19)14-7-4-3-5-8-14/h3-10,13H,11-12H2,1-2H3. The Labute approximate surface area is 129 Å². The summed E-state index contributed by atoms with van der Waals surface area (Å²) in [7, 11) is 1.34. The zero-order valence-corrected chi connectivity index (χ0v) is 12.7. The van der Waals surface area contributed by atoms with Crippen molar-refractivity contribution in [3.8, 4) is 0 Å². The second kappa shape index (κ2) is 7.45. The lowest BCUT2D eigenvalue weighted by Crippen LogP contribution is -2.36. The maximum absolute atomic E-state index is 12.6. The van der Waals surface area contributed by atoms with E-state index in [0.29, 0.717) is 17.9 Å². The quantitative estimate of drug-likeness (QED) is 0.770. The van der Waals surface area contributed by atoms with E-state index in [1.54, 1.807) is 42.4 Å². The smallest absolute Gasteiger partial charge is 0.310 e. The van der Waals surface area contributed by atoms with Crippen LogP contribution >= 0.6 is 0 Å². The minimum absolute atomic E-state index is 0.146. The van der Waals surface area contributed by atoms with E-state index in [1.165, 1.54) is 7.11 Å². The summed E-state index contributed by atoms with van der Waals surface area (Å²) in [6, 6.07) is 12.5. The highest BCUT2D eigenvalue weighted by Crippen LogP contribution is 2.13. The number of carbonyl (C=O) groups is 2. The highest BCUT2D eigenvalue weighted by Gasteiger charge is 2.23. The van der Waals surface area contributed by atoms with E-state index < -0.39 is 5.92 Å². The van der Waals surface area contributed by atoms with Gasteiger partial charge in [-0.3, -0.25) is 9.59 Å². The van der Waals surface area contributed by atoms with Crippen molar-refractivity contribution in [1.82, 2.24) is 4.90 Å². The van der Waals surface area contributed by atoms with Gasteiger partial charge in [-0.1, -0.05) is 25.1 Å². The van der Waals surface area contributed by atoms with Gasteiger partial charge in [0.25, 0.3) is 5.91 Å². The SMILES string of the molecule is COC(=O)C(C)CN(Cc1ccco1)C(=O)c1ccccc1. The largest absolute Gasteiger partial charge is 0.469 e. The van der Waals surface area contributed by atoms with Crippen LogP contribution in [0.3, 0.4) is 0 Å². The molecule has 0 saturated heterocycles. The Hall–Kier alpha value is -2.56. The summed E-state index contributed by atoms with van der Waals surface area (Å²) in [4.78, 5) is 25.9. The second-order valence-corrected chi connectivity index (χ2v) is 5.06. The Bertz CT molecular complexity index is 607. The number of hydrogen-bond acceptors (Lipinski definition) is 4. The van der Waals surface area contributed by atoms with Crippen LogP contribution in [0.4, 0.5) is 0 Å². The molecule has 1 amide bonds. The predicted octanol–water partition coefficient (Wildman–Crippen LogP) is 2.73. The highest BCUT2D eigenvalue weighted by molar-refractivity contribution is 5.94. The Morgan fingerprint density at radius 2 is 1.91 bits per heavy atom. The molecule has 0 radical (unpaired) electrons. The van der Waals surface area contributed by atoms with Gasteiger partial charge in [0, 0.05) is 12.1 Å². The minimum atomic E-state index is -0.410. The lowest BCUT2D eigenvalue weighted by Gasteiger charge is -2.24. The second-order valence-electron chi connectivity index (χ2n) is 5.06. The van der Waals surface area contributed by atoms with Crippen molar-refractivity contribution in [3.63, 3.8) is 0 Å². The Morgan fingerprint density at radius 1 is 1.18 bits per heavy atom.